The van der Waals surface area contributed by atoms with E-state index in [2.05, 4.69) is 4.90 Å². The SMILES string of the molecule is CN(C)C[C@@H]1OCCN(C(=O)CCc2ccc(F)c(F)c2)[C@H]1c1ccccc1. The molecule has 0 spiro atoms. The lowest BCUT2D eigenvalue weighted by atomic mass is 9.96. The first kappa shape index (κ1) is 20.4. The Morgan fingerprint density at radius 3 is 2.57 bits per heavy atom. The minimum absolute atomic E-state index is 0.00866. The van der Waals surface area contributed by atoms with Crippen LogP contribution in [0.4, 0.5) is 8.78 Å². The van der Waals surface area contributed by atoms with Crippen LogP contribution in [-0.2, 0) is 16.0 Å². The Labute approximate surface area is 164 Å². The van der Waals surface area contributed by atoms with Gasteiger partial charge in [0.1, 0.15) is 0 Å². The van der Waals surface area contributed by atoms with E-state index >= 15 is 0 Å². The summed E-state index contributed by atoms with van der Waals surface area (Å²) in [5, 5.41) is 0. The topological polar surface area (TPSA) is 32.8 Å². The standard InChI is InChI=1S/C22H26F2N2O2/c1-25(2)15-20-22(17-6-4-3-5-7-17)26(12-13-28-20)21(27)11-9-16-8-10-18(23)19(24)14-16/h3-8,10,14,20,22H,9,11-13,15H2,1-2H3/t20-,22-/m0/s1. The summed E-state index contributed by atoms with van der Waals surface area (Å²) in [6.45, 7) is 1.70. The molecule has 6 heteroatoms. The van der Waals surface area contributed by atoms with Crippen molar-refractivity contribution in [2.24, 2.45) is 0 Å². The molecule has 3 rings (SSSR count). The molecule has 0 bridgehead atoms. The molecule has 1 aliphatic rings. The number of morpholine rings is 1. The van der Waals surface area contributed by atoms with Crippen LogP contribution in [0.3, 0.4) is 0 Å². The van der Waals surface area contributed by atoms with Gasteiger partial charge in [-0.15, -0.1) is 0 Å². The zero-order chi connectivity index (χ0) is 20.1. The van der Waals surface area contributed by atoms with Gasteiger partial charge in [0.15, 0.2) is 11.6 Å². The molecule has 0 N–H and O–H groups in total. The minimum atomic E-state index is -0.885. The van der Waals surface area contributed by atoms with Crippen molar-refractivity contribution in [3.05, 3.63) is 71.3 Å². The molecule has 1 saturated heterocycles. The van der Waals surface area contributed by atoms with Crippen molar-refractivity contribution in [1.29, 1.82) is 0 Å². The third kappa shape index (κ3) is 4.94. The summed E-state index contributed by atoms with van der Waals surface area (Å²) in [5.41, 5.74) is 1.65. The van der Waals surface area contributed by atoms with Gasteiger partial charge in [-0.1, -0.05) is 36.4 Å². The van der Waals surface area contributed by atoms with Gasteiger partial charge in [0.05, 0.1) is 18.8 Å². The van der Waals surface area contributed by atoms with Crippen molar-refractivity contribution >= 4 is 5.91 Å². The summed E-state index contributed by atoms with van der Waals surface area (Å²) in [7, 11) is 3.96. The number of likely N-dealkylation sites (N-methyl/N-ethyl adjacent to an activating group) is 1. The van der Waals surface area contributed by atoms with Crippen LogP contribution in [0.15, 0.2) is 48.5 Å². The summed E-state index contributed by atoms with van der Waals surface area (Å²) in [6, 6.07) is 13.5. The lowest BCUT2D eigenvalue weighted by Gasteiger charge is -2.42. The molecule has 2 atom stereocenters. The smallest absolute Gasteiger partial charge is 0.223 e. The first-order valence-electron chi connectivity index (χ1n) is 9.50. The quantitative estimate of drug-likeness (QED) is 0.760. The van der Waals surface area contributed by atoms with Gasteiger partial charge < -0.3 is 14.5 Å². The number of hydrogen-bond donors (Lipinski definition) is 0. The Morgan fingerprint density at radius 2 is 1.89 bits per heavy atom. The van der Waals surface area contributed by atoms with Crippen LogP contribution < -0.4 is 0 Å². The summed E-state index contributed by atoms with van der Waals surface area (Å²) in [5.74, 6) is -1.77. The fourth-order valence-corrected chi connectivity index (χ4v) is 3.66. The highest BCUT2D eigenvalue weighted by Gasteiger charge is 2.36. The van der Waals surface area contributed by atoms with E-state index in [0.717, 1.165) is 17.7 Å². The average Bonchev–Trinajstić information content (AvgIpc) is 2.68. The number of ether oxygens (including phenoxy) is 1. The van der Waals surface area contributed by atoms with E-state index in [1.807, 2.05) is 49.3 Å². The minimum Gasteiger partial charge on any atom is -0.373 e. The number of halogens is 2. The van der Waals surface area contributed by atoms with E-state index in [9.17, 15) is 13.6 Å². The van der Waals surface area contributed by atoms with Crippen LogP contribution in [0.5, 0.6) is 0 Å². The van der Waals surface area contributed by atoms with Crippen LogP contribution in [0.25, 0.3) is 0 Å². The molecule has 150 valence electrons. The Bertz CT molecular complexity index is 798. The Kier molecular flexibility index (Phi) is 6.75. The van der Waals surface area contributed by atoms with Crippen LogP contribution in [0.2, 0.25) is 0 Å². The molecule has 2 aromatic carbocycles. The van der Waals surface area contributed by atoms with Crippen molar-refractivity contribution in [2.75, 3.05) is 33.8 Å². The number of amides is 1. The Hall–Kier alpha value is -2.31. The predicted molar refractivity (Wildman–Crippen MR) is 104 cm³/mol. The average molecular weight is 388 g/mol. The predicted octanol–water partition coefficient (Wildman–Crippen LogP) is 3.43. The third-order valence-electron chi connectivity index (χ3n) is 4.97. The van der Waals surface area contributed by atoms with E-state index in [1.54, 1.807) is 0 Å². The molecule has 1 aliphatic heterocycles. The lowest BCUT2D eigenvalue weighted by molar-refractivity contribution is -0.148. The maximum Gasteiger partial charge on any atom is 0.223 e. The lowest BCUT2D eigenvalue weighted by Crippen LogP contribution is -2.51. The highest BCUT2D eigenvalue weighted by molar-refractivity contribution is 5.77. The number of rotatable bonds is 6. The first-order chi connectivity index (χ1) is 13.5. The zero-order valence-electron chi connectivity index (χ0n) is 16.3. The molecule has 1 amide bonds. The van der Waals surface area contributed by atoms with Crippen molar-refractivity contribution < 1.29 is 18.3 Å². The molecule has 1 fully saturated rings. The van der Waals surface area contributed by atoms with E-state index in [4.69, 9.17) is 4.74 Å². The van der Waals surface area contributed by atoms with E-state index in [0.29, 0.717) is 31.7 Å². The van der Waals surface area contributed by atoms with E-state index in [1.165, 1.54) is 6.07 Å². The van der Waals surface area contributed by atoms with Gasteiger partial charge in [0.25, 0.3) is 0 Å². The number of hydrogen-bond acceptors (Lipinski definition) is 3. The van der Waals surface area contributed by atoms with Crippen molar-refractivity contribution in [3.8, 4) is 0 Å². The monoisotopic (exact) mass is 388 g/mol. The maximum atomic E-state index is 13.4. The molecule has 0 unspecified atom stereocenters. The van der Waals surface area contributed by atoms with Gasteiger partial charge in [-0.2, -0.15) is 0 Å². The second kappa shape index (κ2) is 9.26. The normalized spacial score (nSPS) is 19.8. The number of nitrogens with zero attached hydrogens (tertiary/aromatic N) is 2. The molecule has 0 aromatic heterocycles. The molecule has 2 aromatic rings. The van der Waals surface area contributed by atoms with Crippen molar-refractivity contribution in [1.82, 2.24) is 9.80 Å². The van der Waals surface area contributed by atoms with Crippen LogP contribution in [0.1, 0.15) is 23.6 Å². The number of aryl methyl sites for hydroxylation is 1. The Morgan fingerprint density at radius 1 is 1.14 bits per heavy atom. The fraction of sp³-hybridized carbons (Fsp3) is 0.409. The summed E-state index contributed by atoms with van der Waals surface area (Å²) >= 11 is 0. The molecule has 0 saturated carbocycles. The molecular weight excluding hydrogens is 362 g/mol. The molecule has 0 aliphatic carbocycles. The second-order valence-electron chi connectivity index (χ2n) is 7.36. The number of carbonyl (C=O) groups is 1. The molecule has 0 radical (unpaired) electrons. The van der Waals surface area contributed by atoms with Crippen LogP contribution in [-0.4, -0.2) is 55.6 Å². The van der Waals surface area contributed by atoms with Gasteiger partial charge >= 0.3 is 0 Å². The second-order valence-corrected chi connectivity index (χ2v) is 7.36. The highest BCUT2D eigenvalue weighted by Crippen LogP contribution is 2.30. The van der Waals surface area contributed by atoms with Gasteiger partial charge in [-0.05, 0) is 43.8 Å². The summed E-state index contributed by atoms with van der Waals surface area (Å²) in [4.78, 5) is 16.9. The van der Waals surface area contributed by atoms with Crippen molar-refractivity contribution in [2.45, 2.75) is 25.0 Å². The van der Waals surface area contributed by atoms with Crippen LogP contribution in [0, 0.1) is 11.6 Å². The van der Waals surface area contributed by atoms with Gasteiger partial charge in [0, 0.05) is 19.5 Å². The first-order valence-corrected chi connectivity index (χ1v) is 9.50. The maximum absolute atomic E-state index is 13.4. The highest BCUT2D eigenvalue weighted by atomic mass is 19.2. The van der Waals surface area contributed by atoms with Crippen LogP contribution >= 0.6 is 0 Å². The molecule has 4 nitrogen and oxygen atoms in total. The summed E-state index contributed by atoms with van der Waals surface area (Å²) < 4.78 is 32.5. The van der Waals surface area contributed by atoms with E-state index < -0.39 is 11.6 Å². The summed E-state index contributed by atoms with van der Waals surface area (Å²) in [6.07, 6.45) is 0.481. The number of benzene rings is 2. The molecule has 28 heavy (non-hydrogen) atoms. The number of carbonyl (C=O) groups excluding carboxylic acids is 1. The largest absolute Gasteiger partial charge is 0.373 e. The molecule has 1 heterocycles. The van der Waals surface area contributed by atoms with Gasteiger partial charge in [-0.3, -0.25) is 4.79 Å². The van der Waals surface area contributed by atoms with E-state index in [-0.39, 0.29) is 24.5 Å². The van der Waals surface area contributed by atoms with Crippen molar-refractivity contribution in [3.63, 3.8) is 0 Å². The van der Waals surface area contributed by atoms with Gasteiger partial charge in [0.2, 0.25) is 5.91 Å². The molecular formula is C22H26F2N2O2. The Balaban J connectivity index is 1.76. The fourth-order valence-electron chi connectivity index (χ4n) is 3.66. The third-order valence-corrected chi connectivity index (χ3v) is 4.97. The van der Waals surface area contributed by atoms with Gasteiger partial charge in [-0.25, -0.2) is 8.78 Å². The zero-order valence-corrected chi connectivity index (χ0v) is 16.3.